The summed E-state index contributed by atoms with van der Waals surface area (Å²) >= 11 is 0. The lowest BCUT2D eigenvalue weighted by molar-refractivity contribution is 0.353. The Kier molecular flexibility index (Phi) is 4.64. The van der Waals surface area contributed by atoms with Gasteiger partial charge in [-0.15, -0.1) is 0 Å². The van der Waals surface area contributed by atoms with E-state index in [4.69, 9.17) is 10.00 Å². The summed E-state index contributed by atoms with van der Waals surface area (Å²) in [6, 6.07) is 16.7. The fraction of sp³-hybridized carbons (Fsp3) is 0.0526. The first-order chi connectivity index (χ1) is 12.2. The first kappa shape index (κ1) is 16.1. The summed E-state index contributed by atoms with van der Waals surface area (Å²) in [7, 11) is 0. The van der Waals surface area contributed by atoms with Gasteiger partial charge in [0.15, 0.2) is 6.61 Å². The fourth-order valence-corrected chi connectivity index (χ4v) is 2.34. The Morgan fingerprint density at radius 1 is 1.04 bits per heavy atom. The Balaban J connectivity index is 2.22. The number of rotatable bonds is 4. The minimum absolute atomic E-state index is 0.0477. The molecule has 6 heteroatoms. The highest BCUT2D eigenvalue weighted by atomic mass is 19.1. The fourth-order valence-electron chi connectivity index (χ4n) is 2.34. The third-order valence-corrected chi connectivity index (χ3v) is 3.45. The zero-order valence-electron chi connectivity index (χ0n) is 13.0. The van der Waals surface area contributed by atoms with Crippen LogP contribution >= 0.6 is 0 Å². The largest absolute Gasteiger partial charge is 0.461 e. The second-order valence-electron chi connectivity index (χ2n) is 5.02. The molecule has 0 fully saturated rings. The molecule has 0 saturated heterocycles. The van der Waals surface area contributed by atoms with E-state index in [1.54, 1.807) is 36.5 Å². The maximum atomic E-state index is 13.2. The van der Waals surface area contributed by atoms with Gasteiger partial charge in [-0.25, -0.2) is 9.37 Å². The molecule has 0 radical (unpaired) electrons. The molecule has 0 atom stereocenters. The Labute approximate surface area is 143 Å². The van der Waals surface area contributed by atoms with Crippen molar-refractivity contribution in [1.29, 1.82) is 10.5 Å². The van der Waals surface area contributed by atoms with E-state index in [0.717, 1.165) is 0 Å². The molecule has 120 valence electrons. The van der Waals surface area contributed by atoms with Crippen LogP contribution in [0.25, 0.3) is 22.5 Å². The summed E-state index contributed by atoms with van der Waals surface area (Å²) in [4.78, 5) is 8.57. The molecule has 3 aromatic rings. The molecule has 5 nitrogen and oxygen atoms in total. The van der Waals surface area contributed by atoms with E-state index in [-0.39, 0.29) is 23.9 Å². The van der Waals surface area contributed by atoms with Crippen molar-refractivity contribution < 1.29 is 9.13 Å². The lowest BCUT2D eigenvalue weighted by Gasteiger charge is -2.12. The van der Waals surface area contributed by atoms with Gasteiger partial charge in [0.1, 0.15) is 23.5 Å². The quantitative estimate of drug-likeness (QED) is 0.728. The number of benzene rings is 1. The van der Waals surface area contributed by atoms with Crippen molar-refractivity contribution in [2.75, 3.05) is 6.61 Å². The standard InChI is InChI=1S/C19H11FN4O/c20-14-6-4-13(5-7-14)15-11-18(17-3-1-2-9-23-17)24-19(16(15)12-22)25-10-8-21/h1-7,9,11H,10H2. The Morgan fingerprint density at radius 3 is 2.48 bits per heavy atom. The highest BCUT2D eigenvalue weighted by Crippen LogP contribution is 2.33. The number of hydrogen-bond acceptors (Lipinski definition) is 5. The van der Waals surface area contributed by atoms with E-state index in [1.165, 1.54) is 12.1 Å². The molecule has 0 N–H and O–H groups in total. The van der Waals surface area contributed by atoms with Crippen molar-refractivity contribution in [3.05, 3.63) is 66.1 Å². The van der Waals surface area contributed by atoms with Crippen molar-refractivity contribution >= 4 is 0 Å². The van der Waals surface area contributed by atoms with Crippen LogP contribution in [0.2, 0.25) is 0 Å². The lowest BCUT2D eigenvalue weighted by atomic mass is 10.00. The first-order valence-electron chi connectivity index (χ1n) is 7.35. The molecule has 0 aliphatic heterocycles. The van der Waals surface area contributed by atoms with Crippen LogP contribution in [0.15, 0.2) is 54.7 Å². The Morgan fingerprint density at radius 2 is 1.84 bits per heavy atom. The van der Waals surface area contributed by atoms with Crippen LogP contribution in [0.5, 0.6) is 5.88 Å². The molecule has 0 aliphatic rings. The lowest BCUT2D eigenvalue weighted by Crippen LogP contribution is -2.02. The highest BCUT2D eigenvalue weighted by molar-refractivity contribution is 5.77. The van der Waals surface area contributed by atoms with Gasteiger partial charge in [0.25, 0.3) is 0 Å². The highest BCUT2D eigenvalue weighted by Gasteiger charge is 2.17. The molecule has 0 amide bonds. The van der Waals surface area contributed by atoms with Crippen LogP contribution in [0.3, 0.4) is 0 Å². The van der Waals surface area contributed by atoms with Crippen LogP contribution in [0.4, 0.5) is 4.39 Å². The van der Waals surface area contributed by atoms with Crippen LogP contribution in [-0.2, 0) is 0 Å². The van der Waals surface area contributed by atoms with Gasteiger partial charge in [-0.05, 0) is 35.9 Å². The third-order valence-electron chi connectivity index (χ3n) is 3.45. The first-order valence-corrected chi connectivity index (χ1v) is 7.35. The SMILES string of the molecule is N#CCOc1nc(-c2ccccn2)cc(-c2ccc(F)cc2)c1C#N. The van der Waals surface area contributed by atoms with Crippen molar-refractivity contribution in [3.8, 4) is 40.5 Å². The summed E-state index contributed by atoms with van der Waals surface area (Å²) < 4.78 is 18.6. The second kappa shape index (κ2) is 7.20. The molecule has 2 aromatic heterocycles. The van der Waals surface area contributed by atoms with E-state index in [9.17, 15) is 9.65 Å². The van der Waals surface area contributed by atoms with E-state index in [0.29, 0.717) is 22.5 Å². The van der Waals surface area contributed by atoms with Gasteiger partial charge in [-0.1, -0.05) is 18.2 Å². The smallest absolute Gasteiger partial charge is 0.233 e. The minimum Gasteiger partial charge on any atom is -0.461 e. The monoisotopic (exact) mass is 330 g/mol. The number of nitrogens with zero attached hydrogens (tertiary/aromatic N) is 4. The van der Waals surface area contributed by atoms with Crippen LogP contribution < -0.4 is 4.74 Å². The molecule has 1 aromatic carbocycles. The molecule has 0 saturated carbocycles. The maximum Gasteiger partial charge on any atom is 0.233 e. The van der Waals surface area contributed by atoms with Gasteiger partial charge in [0, 0.05) is 11.8 Å². The molecule has 2 heterocycles. The van der Waals surface area contributed by atoms with E-state index < -0.39 is 0 Å². The van der Waals surface area contributed by atoms with Gasteiger partial charge in [0.2, 0.25) is 5.88 Å². The number of hydrogen-bond donors (Lipinski definition) is 0. The number of aromatic nitrogens is 2. The van der Waals surface area contributed by atoms with Crippen LogP contribution in [-0.4, -0.2) is 16.6 Å². The normalized spacial score (nSPS) is 9.88. The topological polar surface area (TPSA) is 82.6 Å². The minimum atomic E-state index is -0.373. The summed E-state index contributed by atoms with van der Waals surface area (Å²) in [5.74, 6) is -0.325. The summed E-state index contributed by atoms with van der Waals surface area (Å²) in [5.41, 5.74) is 2.44. The van der Waals surface area contributed by atoms with Crippen LogP contribution in [0.1, 0.15) is 5.56 Å². The summed E-state index contributed by atoms with van der Waals surface area (Å²) in [5, 5.41) is 18.3. The van der Waals surface area contributed by atoms with Gasteiger partial charge in [-0.2, -0.15) is 10.5 Å². The van der Waals surface area contributed by atoms with Gasteiger partial charge in [-0.3, -0.25) is 4.98 Å². The average Bonchev–Trinajstić information content (AvgIpc) is 2.67. The number of halogens is 1. The molecular weight excluding hydrogens is 319 g/mol. The zero-order chi connectivity index (χ0) is 17.6. The third kappa shape index (κ3) is 3.44. The number of ether oxygens (including phenoxy) is 1. The van der Waals surface area contributed by atoms with Gasteiger partial charge < -0.3 is 4.74 Å². The second-order valence-corrected chi connectivity index (χ2v) is 5.02. The maximum absolute atomic E-state index is 13.2. The van der Waals surface area contributed by atoms with Crippen LogP contribution in [0, 0.1) is 28.5 Å². The summed E-state index contributed by atoms with van der Waals surface area (Å²) in [6.45, 7) is -0.240. The molecular formula is C19H11FN4O. The average molecular weight is 330 g/mol. The number of pyridine rings is 2. The number of nitriles is 2. The summed E-state index contributed by atoms with van der Waals surface area (Å²) in [6.07, 6.45) is 1.63. The Hall–Kier alpha value is -3.77. The zero-order valence-corrected chi connectivity index (χ0v) is 13.0. The molecule has 0 spiro atoms. The van der Waals surface area contributed by atoms with Gasteiger partial charge >= 0.3 is 0 Å². The Bertz CT molecular complexity index is 973. The molecule has 0 bridgehead atoms. The van der Waals surface area contributed by atoms with Gasteiger partial charge in [0.05, 0.1) is 11.4 Å². The molecule has 0 aliphatic carbocycles. The van der Waals surface area contributed by atoms with E-state index in [1.807, 2.05) is 12.1 Å². The van der Waals surface area contributed by atoms with E-state index in [2.05, 4.69) is 16.0 Å². The van der Waals surface area contributed by atoms with Crippen molar-refractivity contribution in [1.82, 2.24) is 9.97 Å². The van der Waals surface area contributed by atoms with Crippen molar-refractivity contribution in [2.45, 2.75) is 0 Å². The molecule has 25 heavy (non-hydrogen) atoms. The predicted octanol–water partition coefficient (Wildman–Crippen LogP) is 3.72. The van der Waals surface area contributed by atoms with Crippen molar-refractivity contribution in [3.63, 3.8) is 0 Å². The molecule has 0 unspecified atom stereocenters. The molecule has 3 rings (SSSR count). The predicted molar refractivity (Wildman–Crippen MR) is 88.7 cm³/mol. The van der Waals surface area contributed by atoms with E-state index >= 15 is 0 Å². The van der Waals surface area contributed by atoms with Crippen molar-refractivity contribution in [2.24, 2.45) is 0 Å².